The molecule has 3 heteroatoms. The zero-order valence-corrected chi connectivity index (χ0v) is 16.7. The molecule has 0 aliphatic heterocycles. The van der Waals surface area contributed by atoms with Gasteiger partial charge in [0.15, 0.2) is 0 Å². The van der Waals surface area contributed by atoms with E-state index in [1.165, 1.54) is 64.3 Å². The molecule has 0 bridgehead atoms. The highest BCUT2D eigenvalue weighted by Gasteiger charge is 2.04. The van der Waals surface area contributed by atoms with Crippen molar-refractivity contribution in [2.24, 2.45) is 0 Å². The summed E-state index contributed by atoms with van der Waals surface area (Å²) in [6, 6.07) is 0. The lowest BCUT2D eigenvalue weighted by Crippen LogP contribution is -2.35. The zero-order valence-electron chi connectivity index (χ0n) is 16.7. The smallest absolute Gasteiger partial charge is 0.0780 e. The Morgan fingerprint density at radius 2 is 1.09 bits per heavy atom. The van der Waals surface area contributed by atoms with Gasteiger partial charge in [-0.15, -0.1) is 0 Å². The minimum absolute atomic E-state index is 0.226. The molecule has 0 aromatic rings. The summed E-state index contributed by atoms with van der Waals surface area (Å²) in [5.74, 6) is -0.920. The van der Waals surface area contributed by atoms with Crippen LogP contribution in [0.2, 0.25) is 0 Å². The number of quaternary nitrogens is 1. The van der Waals surface area contributed by atoms with Crippen molar-refractivity contribution >= 4 is 5.97 Å². The molecule has 0 saturated heterocycles. The number of carbonyl (C=O) groups excluding carboxylic acids is 1. The Bertz CT molecular complexity index is 247. The Labute approximate surface area is 146 Å². The molecule has 0 aromatic carbocycles. The Hall–Kier alpha value is -0.570. The fraction of sp³-hybridized carbons (Fsp3) is 0.950. The van der Waals surface area contributed by atoms with Gasteiger partial charge >= 0.3 is 0 Å². The number of nitrogens with zero attached hydrogens (tertiary/aromatic N) is 1. The lowest BCUT2D eigenvalue weighted by atomic mass is 10.1. The van der Waals surface area contributed by atoms with Crippen molar-refractivity contribution in [3.63, 3.8) is 0 Å². The number of rotatable bonds is 14. The van der Waals surface area contributed by atoms with Crippen LogP contribution in [0.4, 0.5) is 0 Å². The maximum atomic E-state index is 9.92. The van der Waals surface area contributed by atoms with Crippen molar-refractivity contribution in [1.82, 2.24) is 0 Å². The van der Waals surface area contributed by atoms with Gasteiger partial charge in [-0.2, -0.15) is 0 Å². The van der Waals surface area contributed by atoms with Crippen molar-refractivity contribution in [3.05, 3.63) is 0 Å². The highest BCUT2D eigenvalue weighted by molar-refractivity contribution is 5.63. The second kappa shape index (κ2) is 17.8. The predicted octanol–water partition coefficient (Wildman–Crippen LogP) is 4.54. The van der Waals surface area contributed by atoms with Gasteiger partial charge in [0.25, 0.3) is 0 Å². The van der Waals surface area contributed by atoms with Crippen molar-refractivity contribution in [3.8, 4) is 0 Å². The van der Waals surface area contributed by atoms with E-state index in [1.54, 1.807) is 0 Å². The maximum Gasteiger partial charge on any atom is 0.0780 e. The van der Waals surface area contributed by atoms with E-state index in [-0.39, 0.29) is 6.42 Å². The summed E-state index contributed by atoms with van der Waals surface area (Å²) in [6.45, 7) is 5.74. The monoisotopic (exact) mass is 329 g/mol. The molecule has 0 spiro atoms. The number of carbonyl (C=O) groups is 1. The average Bonchev–Trinajstić information content (AvgIpc) is 2.45. The number of hydrogen-bond acceptors (Lipinski definition) is 2. The molecular weight excluding hydrogens is 286 g/mol. The summed E-state index contributed by atoms with van der Waals surface area (Å²) in [7, 11) is 6.82. The Balaban J connectivity index is 0. The summed E-state index contributed by atoms with van der Waals surface area (Å²) in [6.07, 6.45) is 15.6. The van der Waals surface area contributed by atoms with Crippen molar-refractivity contribution in [1.29, 1.82) is 0 Å². The molecule has 0 radical (unpaired) electrons. The standard InChI is InChI=1S/C12H28N.C8H16O2/c1-5-6-7-8-9-10-11-12-13(2,3)4;1-2-3-4-5-6-7-8(9)10/h5-12H2,1-4H3;2-7H2,1H3,(H,9,10)/q+1;/p-1. The Morgan fingerprint density at radius 1 is 0.696 bits per heavy atom. The highest BCUT2D eigenvalue weighted by Crippen LogP contribution is 2.08. The van der Waals surface area contributed by atoms with Crippen molar-refractivity contribution < 1.29 is 14.4 Å². The van der Waals surface area contributed by atoms with Crippen LogP contribution in [0.1, 0.15) is 97.3 Å². The van der Waals surface area contributed by atoms with Crippen LogP contribution in [0.15, 0.2) is 0 Å². The third-order valence-electron chi connectivity index (χ3n) is 3.92. The largest absolute Gasteiger partial charge is 0.550 e. The molecule has 140 valence electrons. The predicted molar refractivity (Wildman–Crippen MR) is 99.3 cm³/mol. The van der Waals surface area contributed by atoms with E-state index >= 15 is 0 Å². The van der Waals surface area contributed by atoms with Crippen LogP contribution in [-0.4, -0.2) is 38.1 Å². The molecule has 3 nitrogen and oxygen atoms in total. The van der Waals surface area contributed by atoms with Gasteiger partial charge < -0.3 is 14.4 Å². The first-order chi connectivity index (χ1) is 10.8. The Kier molecular flexibility index (Phi) is 19.1. The molecule has 0 fully saturated rings. The lowest BCUT2D eigenvalue weighted by Gasteiger charge is -2.23. The minimum atomic E-state index is -0.920. The SMILES string of the molecule is CCCCCCCC(=O)[O-].CCCCCCCCC[N+](C)(C)C. The summed E-state index contributed by atoms with van der Waals surface area (Å²) < 4.78 is 1.12. The van der Waals surface area contributed by atoms with Gasteiger partial charge in [0, 0.05) is 5.97 Å². The summed E-state index contributed by atoms with van der Waals surface area (Å²) in [4.78, 5) is 9.92. The van der Waals surface area contributed by atoms with E-state index in [4.69, 9.17) is 0 Å². The molecule has 0 saturated carbocycles. The molecule has 0 heterocycles. The van der Waals surface area contributed by atoms with E-state index in [0.29, 0.717) is 0 Å². The lowest BCUT2D eigenvalue weighted by molar-refractivity contribution is -0.870. The van der Waals surface area contributed by atoms with Gasteiger partial charge in [-0.25, -0.2) is 0 Å². The van der Waals surface area contributed by atoms with Crippen LogP contribution in [0.5, 0.6) is 0 Å². The first-order valence-corrected chi connectivity index (χ1v) is 9.83. The summed E-state index contributed by atoms with van der Waals surface area (Å²) in [5, 5.41) is 9.92. The van der Waals surface area contributed by atoms with Crippen LogP contribution in [-0.2, 0) is 4.79 Å². The molecule has 0 unspecified atom stereocenters. The summed E-state index contributed by atoms with van der Waals surface area (Å²) in [5.41, 5.74) is 0. The zero-order chi connectivity index (χ0) is 18.0. The molecule has 0 aliphatic carbocycles. The van der Waals surface area contributed by atoms with E-state index in [0.717, 1.165) is 23.7 Å². The molecule has 0 aliphatic rings. The van der Waals surface area contributed by atoms with Crippen LogP contribution in [0, 0.1) is 0 Å². The van der Waals surface area contributed by atoms with Crippen LogP contribution in [0.25, 0.3) is 0 Å². The second-order valence-electron chi connectivity index (χ2n) is 7.67. The van der Waals surface area contributed by atoms with Gasteiger partial charge in [-0.05, 0) is 25.7 Å². The topological polar surface area (TPSA) is 40.1 Å². The maximum absolute atomic E-state index is 9.92. The minimum Gasteiger partial charge on any atom is -0.550 e. The third kappa shape index (κ3) is 30.0. The van der Waals surface area contributed by atoms with Crippen molar-refractivity contribution in [2.75, 3.05) is 27.7 Å². The van der Waals surface area contributed by atoms with E-state index in [2.05, 4.69) is 35.0 Å². The van der Waals surface area contributed by atoms with Crippen molar-refractivity contribution in [2.45, 2.75) is 97.3 Å². The normalized spacial score (nSPS) is 11.0. The third-order valence-corrected chi connectivity index (χ3v) is 3.92. The molecular formula is C20H43NO2. The first-order valence-electron chi connectivity index (χ1n) is 9.83. The first kappa shape index (κ1) is 24.7. The van der Waals surface area contributed by atoms with E-state index < -0.39 is 5.97 Å². The average molecular weight is 330 g/mol. The fourth-order valence-corrected chi connectivity index (χ4v) is 2.42. The van der Waals surface area contributed by atoms with Crippen LogP contribution >= 0.6 is 0 Å². The molecule has 0 aromatic heterocycles. The number of aliphatic carboxylic acids is 1. The highest BCUT2D eigenvalue weighted by atomic mass is 16.4. The molecule has 0 rings (SSSR count). The quantitative estimate of drug-likeness (QED) is 0.347. The van der Waals surface area contributed by atoms with Gasteiger partial charge in [0.1, 0.15) is 0 Å². The molecule has 0 atom stereocenters. The molecule has 23 heavy (non-hydrogen) atoms. The van der Waals surface area contributed by atoms with E-state index in [1.807, 2.05) is 0 Å². The second-order valence-corrected chi connectivity index (χ2v) is 7.67. The van der Waals surface area contributed by atoms with Gasteiger partial charge in [0.2, 0.25) is 0 Å². The molecule has 0 N–H and O–H groups in total. The van der Waals surface area contributed by atoms with Gasteiger partial charge in [0.05, 0.1) is 27.7 Å². The van der Waals surface area contributed by atoms with Gasteiger partial charge in [-0.3, -0.25) is 0 Å². The van der Waals surface area contributed by atoms with Crippen LogP contribution < -0.4 is 5.11 Å². The Morgan fingerprint density at radius 3 is 1.48 bits per heavy atom. The van der Waals surface area contributed by atoms with E-state index in [9.17, 15) is 9.90 Å². The number of carboxylic acid groups (broad SMARTS) is 1. The van der Waals surface area contributed by atoms with Gasteiger partial charge in [-0.1, -0.05) is 71.6 Å². The summed E-state index contributed by atoms with van der Waals surface area (Å²) >= 11 is 0. The van der Waals surface area contributed by atoms with Crippen LogP contribution in [0.3, 0.4) is 0 Å². The fourth-order valence-electron chi connectivity index (χ4n) is 2.42. The number of carboxylic acids is 1. The number of hydrogen-bond donors (Lipinski definition) is 0. The number of unbranched alkanes of at least 4 members (excludes halogenated alkanes) is 10. The molecule has 0 amide bonds.